The third-order valence-corrected chi connectivity index (χ3v) is 3.80. The number of sulfone groups is 1. The van der Waals surface area contributed by atoms with E-state index in [0.717, 1.165) is 16.9 Å². The second-order valence-electron chi connectivity index (χ2n) is 4.55. The van der Waals surface area contributed by atoms with Gasteiger partial charge in [0.1, 0.15) is 0 Å². The molecule has 0 unspecified atom stereocenters. The first-order chi connectivity index (χ1) is 8.84. The molecule has 5 heteroatoms. The normalized spacial score (nSPS) is 11.3. The zero-order valence-corrected chi connectivity index (χ0v) is 11.7. The van der Waals surface area contributed by atoms with E-state index in [1.54, 1.807) is 24.3 Å². The molecule has 0 aliphatic heterocycles. The average molecular weight is 276 g/mol. The minimum Gasteiger partial charge on any atom is -0.399 e. The second kappa shape index (κ2) is 4.93. The Labute approximate surface area is 113 Å². The van der Waals surface area contributed by atoms with Crippen LogP contribution in [0.5, 0.6) is 0 Å². The lowest BCUT2D eigenvalue weighted by molar-refractivity contribution is 0.602. The van der Waals surface area contributed by atoms with E-state index in [2.05, 4.69) is 5.32 Å². The van der Waals surface area contributed by atoms with Crippen LogP contribution in [0.1, 0.15) is 5.56 Å². The molecule has 100 valence electrons. The van der Waals surface area contributed by atoms with Crippen molar-refractivity contribution in [1.29, 1.82) is 0 Å². The Balaban J connectivity index is 2.24. The summed E-state index contributed by atoms with van der Waals surface area (Å²) in [7, 11) is -3.15. The van der Waals surface area contributed by atoms with Crippen LogP contribution in [0.15, 0.2) is 47.4 Å². The first kappa shape index (κ1) is 13.4. The van der Waals surface area contributed by atoms with Crippen LogP contribution in [0.4, 0.5) is 17.1 Å². The molecule has 0 fully saturated rings. The van der Waals surface area contributed by atoms with Gasteiger partial charge in [0.2, 0.25) is 0 Å². The number of anilines is 3. The Morgan fingerprint density at radius 2 is 1.63 bits per heavy atom. The molecule has 0 saturated heterocycles. The lowest BCUT2D eigenvalue weighted by Crippen LogP contribution is -1.98. The molecule has 0 heterocycles. The SMILES string of the molecule is Cc1cc(N)cc(Nc2ccc(S(C)(=O)=O)cc2)c1. The van der Waals surface area contributed by atoms with Gasteiger partial charge in [0.15, 0.2) is 9.84 Å². The van der Waals surface area contributed by atoms with Crippen LogP contribution in [0, 0.1) is 6.92 Å². The van der Waals surface area contributed by atoms with Gasteiger partial charge in [-0.3, -0.25) is 0 Å². The fraction of sp³-hybridized carbons (Fsp3) is 0.143. The number of nitrogens with two attached hydrogens (primary N) is 1. The van der Waals surface area contributed by atoms with Crippen molar-refractivity contribution in [2.75, 3.05) is 17.3 Å². The topological polar surface area (TPSA) is 72.2 Å². The van der Waals surface area contributed by atoms with Crippen molar-refractivity contribution in [2.45, 2.75) is 11.8 Å². The van der Waals surface area contributed by atoms with E-state index < -0.39 is 9.84 Å². The van der Waals surface area contributed by atoms with Crippen LogP contribution in [0.2, 0.25) is 0 Å². The molecule has 0 amide bonds. The summed E-state index contributed by atoms with van der Waals surface area (Å²) in [5.74, 6) is 0. The van der Waals surface area contributed by atoms with E-state index in [0.29, 0.717) is 10.6 Å². The molecular weight excluding hydrogens is 260 g/mol. The van der Waals surface area contributed by atoms with E-state index in [9.17, 15) is 8.42 Å². The second-order valence-corrected chi connectivity index (χ2v) is 6.57. The molecule has 2 aromatic rings. The third-order valence-electron chi connectivity index (χ3n) is 2.67. The number of nitrogen functional groups attached to an aromatic ring is 1. The van der Waals surface area contributed by atoms with Gasteiger partial charge in [0, 0.05) is 23.3 Å². The van der Waals surface area contributed by atoms with E-state index in [4.69, 9.17) is 5.73 Å². The van der Waals surface area contributed by atoms with Gasteiger partial charge in [0.25, 0.3) is 0 Å². The summed E-state index contributed by atoms with van der Waals surface area (Å²) in [6.45, 7) is 1.97. The summed E-state index contributed by atoms with van der Waals surface area (Å²) in [6, 6.07) is 12.3. The maximum Gasteiger partial charge on any atom is 0.175 e. The fourth-order valence-corrected chi connectivity index (χ4v) is 2.47. The van der Waals surface area contributed by atoms with Crippen LogP contribution < -0.4 is 11.1 Å². The van der Waals surface area contributed by atoms with Crippen LogP contribution in [0.25, 0.3) is 0 Å². The van der Waals surface area contributed by atoms with Crippen LogP contribution in [-0.2, 0) is 9.84 Å². The van der Waals surface area contributed by atoms with Gasteiger partial charge in [-0.05, 0) is 55.0 Å². The number of hydrogen-bond acceptors (Lipinski definition) is 4. The highest BCUT2D eigenvalue weighted by molar-refractivity contribution is 7.90. The molecular formula is C14H16N2O2S. The number of aryl methyl sites for hydroxylation is 1. The van der Waals surface area contributed by atoms with Crippen molar-refractivity contribution in [3.05, 3.63) is 48.0 Å². The summed E-state index contributed by atoms with van der Waals surface area (Å²) in [6.07, 6.45) is 1.19. The predicted molar refractivity (Wildman–Crippen MR) is 78.4 cm³/mol. The first-order valence-electron chi connectivity index (χ1n) is 5.79. The molecule has 4 nitrogen and oxygen atoms in total. The Kier molecular flexibility index (Phi) is 3.48. The summed E-state index contributed by atoms with van der Waals surface area (Å²) in [5.41, 5.74) is 9.23. The lowest BCUT2D eigenvalue weighted by Gasteiger charge is -2.09. The number of rotatable bonds is 3. The standard InChI is InChI=1S/C14H16N2O2S/c1-10-7-11(15)9-13(8-10)16-12-3-5-14(6-4-12)19(2,17)18/h3-9,16H,15H2,1-2H3. The molecule has 19 heavy (non-hydrogen) atoms. The molecule has 0 aromatic heterocycles. The molecule has 0 bridgehead atoms. The smallest absolute Gasteiger partial charge is 0.175 e. The maximum atomic E-state index is 11.4. The predicted octanol–water partition coefficient (Wildman–Crippen LogP) is 2.72. The quantitative estimate of drug-likeness (QED) is 0.845. The van der Waals surface area contributed by atoms with Crippen molar-refractivity contribution < 1.29 is 8.42 Å². The highest BCUT2D eigenvalue weighted by Gasteiger charge is 2.06. The summed E-state index contributed by atoms with van der Waals surface area (Å²) in [4.78, 5) is 0.307. The van der Waals surface area contributed by atoms with E-state index in [-0.39, 0.29) is 0 Å². The summed E-state index contributed by atoms with van der Waals surface area (Å²) >= 11 is 0. The fourth-order valence-electron chi connectivity index (χ4n) is 1.84. The van der Waals surface area contributed by atoms with Crippen LogP contribution >= 0.6 is 0 Å². The van der Waals surface area contributed by atoms with E-state index in [1.807, 2.05) is 25.1 Å². The van der Waals surface area contributed by atoms with Crippen molar-refractivity contribution in [3.63, 3.8) is 0 Å². The minimum absolute atomic E-state index is 0.307. The van der Waals surface area contributed by atoms with Gasteiger partial charge in [0.05, 0.1) is 4.90 Å². The van der Waals surface area contributed by atoms with Gasteiger partial charge < -0.3 is 11.1 Å². The average Bonchev–Trinajstić information content (AvgIpc) is 2.26. The molecule has 0 saturated carbocycles. The molecule has 3 N–H and O–H groups in total. The van der Waals surface area contributed by atoms with Gasteiger partial charge in [-0.1, -0.05) is 0 Å². The molecule has 0 aliphatic rings. The third kappa shape index (κ3) is 3.48. The van der Waals surface area contributed by atoms with Crippen LogP contribution in [-0.4, -0.2) is 14.7 Å². The molecule has 0 radical (unpaired) electrons. The number of nitrogens with one attached hydrogen (secondary N) is 1. The highest BCUT2D eigenvalue weighted by atomic mass is 32.2. The van der Waals surface area contributed by atoms with E-state index >= 15 is 0 Å². The minimum atomic E-state index is -3.15. The largest absolute Gasteiger partial charge is 0.399 e. The number of benzene rings is 2. The first-order valence-corrected chi connectivity index (χ1v) is 7.68. The van der Waals surface area contributed by atoms with Crippen molar-refractivity contribution in [1.82, 2.24) is 0 Å². The highest BCUT2D eigenvalue weighted by Crippen LogP contribution is 2.22. The molecule has 0 aliphatic carbocycles. The summed E-state index contributed by atoms with van der Waals surface area (Å²) < 4.78 is 22.7. The zero-order chi connectivity index (χ0) is 14.0. The Bertz CT molecular complexity index is 672. The Morgan fingerprint density at radius 3 is 2.16 bits per heavy atom. The van der Waals surface area contributed by atoms with Crippen molar-refractivity contribution in [3.8, 4) is 0 Å². The van der Waals surface area contributed by atoms with Gasteiger partial charge in [-0.25, -0.2) is 8.42 Å². The Morgan fingerprint density at radius 1 is 1.00 bits per heavy atom. The van der Waals surface area contributed by atoms with E-state index in [1.165, 1.54) is 6.26 Å². The maximum absolute atomic E-state index is 11.4. The molecule has 0 atom stereocenters. The Hall–Kier alpha value is -2.01. The summed E-state index contributed by atoms with van der Waals surface area (Å²) in [5, 5.41) is 3.19. The number of hydrogen-bond donors (Lipinski definition) is 2. The van der Waals surface area contributed by atoms with Crippen LogP contribution in [0.3, 0.4) is 0 Å². The van der Waals surface area contributed by atoms with Crippen molar-refractivity contribution in [2.24, 2.45) is 0 Å². The van der Waals surface area contributed by atoms with Gasteiger partial charge in [-0.15, -0.1) is 0 Å². The molecule has 0 spiro atoms. The monoisotopic (exact) mass is 276 g/mol. The van der Waals surface area contributed by atoms with Gasteiger partial charge in [-0.2, -0.15) is 0 Å². The zero-order valence-electron chi connectivity index (χ0n) is 10.8. The molecule has 2 aromatic carbocycles. The lowest BCUT2D eigenvalue weighted by atomic mass is 10.2. The van der Waals surface area contributed by atoms with Gasteiger partial charge >= 0.3 is 0 Å². The van der Waals surface area contributed by atoms with Crippen molar-refractivity contribution >= 4 is 26.9 Å². The molecule has 2 rings (SSSR count).